The molecule has 0 aliphatic carbocycles. The van der Waals surface area contributed by atoms with Crippen LogP contribution in [0.3, 0.4) is 0 Å². The fourth-order valence-electron chi connectivity index (χ4n) is 3.31. The Morgan fingerprint density at radius 1 is 0.926 bits per heavy atom. The summed E-state index contributed by atoms with van der Waals surface area (Å²) in [6, 6.07) is 17.2. The Kier molecular flexibility index (Phi) is 4.66. The molecule has 1 aromatic carbocycles. The Bertz CT molecular complexity index is 1140. The average Bonchev–Trinajstić information content (AvgIpc) is 2.69. The molecule has 0 amide bonds. The van der Waals surface area contributed by atoms with Gasteiger partial charge >= 0.3 is 0 Å². The van der Waals surface area contributed by atoms with Crippen LogP contribution < -0.4 is 11.3 Å². The van der Waals surface area contributed by atoms with Gasteiger partial charge in [-0.05, 0) is 73.4 Å². The fraction of sp³-hybridized carbons (Fsp3) is 0.136. The molecule has 27 heavy (non-hydrogen) atoms. The van der Waals surface area contributed by atoms with Crippen LogP contribution in [-0.4, -0.2) is 14.5 Å². The molecule has 5 nitrogen and oxygen atoms in total. The Hall–Kier alpha value is -3.47. The zero-order valence-electron chi connectivity index (χ0n) is 14.9. The molecule has 4 rings (SSSR count). The third-order valence-corrected chi connectivity index (χ3v) is 4.63. The van der Waals surface area contributed by atoms with E-state index in [0.717, 1.165) is 29.5 Å². The minimum Gasteiger partial charge on any atom is -0.399 e. The first-order valence-electron chi connectivity index (χ1n) is 8.97. The number of hydrogen-bond donors (Lipinski definition) is 1. The standard InChI is InChI=1S/C22H20N4O/c23-19-7-2-8-20(15-19)26-21-17(6-3-11-25-21)14-18(22(26)27)5-1-4-16-9-12-24-13-10-16/h2-3,6-15H,1,4-5,23H2. The van der Waals surface area contributed by atoms with E-state index in [1.807, 2.05) is 48.5 Å². The van der Waals surface area contributed by atoms with Crippen LogP contribution >= 0.6 is 0 Å². The minimum absolute atomic E-state index is 0.0403. The highest BCUT2D eigenvalue weighted by molar-refractivity contribution is 5.77. The molecule has 4 aromatic rings. The van der Waals surface area contributed by atoms with E-state index in [4.69, 9.17) is 5.73 Å². The van der Waals surface area contributed by atoms with Gasteiger partial charge < -0.3 is 5.73 Å². The second kappa shape index (κ2) is 7.41. The summed E-state index contributed by atoms with van der Waals surface area (Å²) in [5, 5.41) is 0.943. The van der Waals surface area contributed by atoms with Crippen LogP contribution in [0, 0.1) is 0 Å². The van der Waals surface area contributed by atoms with Crippen molar-refractivity contribution in [3.63, 3.8) is 0 Å². The van der Waals surface area contributed by atoms with E-state index < -0.39 is 0 Å². The molecule has 0 saturated carbocycles. The Labute approximate surface area is 157 Å². The second-order valence-corrected chi connectivity index (χ2v) is 6.53. The lowest BCUT2D eigenvalue weighted by molar-refractivity contribution is 0.802. The van der Waals surface area contributed by atoms with Gasteiger partial charge in [0.1, 0.15) is 5.65 Å². The predicted molar refractivity (Wildman–Crippen MR) is 108 cm³/mol. The summed E-state index contributed by atoms with van der Waals surface area (Å²) in [5.74, 6) is 0. The van der Waals surface area contributed by atoms with Crippen LogP contribution in [0.4, 0.5) is 5.69 Å². The summed E-state index contributed by atoms with van der Waals surface area (Å²) in [7, 11) is 0. The van der Waals surface area contributed by atoms with Gasteiger partial charge in [0.15, 0.2) is 0 Å². The Morgan fingerprint density at radius 3 is 2.59 bits per heavy atom. The van der Waals surface area contributed by atoms with Gasteiger partial charge in [-0.25, -0.2) is 4.98 Å². The molecule has 0 spiro atoms. The molecule has 3 heterocycles. The van der Waals surface area contributed by atoms with Gasteiger partial charge in [0.2, 0.25) is 0 Å². The first-order chi connectivity index (χ1) is 13.2. The molecular weight excluding hydrogens is 336 g/mol. The van der Waals surface area contributed by atoms with Crippen molar-refractivity contribution in [2.45, 2.75) is 19.3 Å². The van der Waals surface area contributed by atoms with Crippen molar-refractivity contribution >= 4 is 16.7 Å². The first kappa shape index (κ1) is 17.0. The smallest absolute Gasteiger partial charge is 0.259 e. The highest BCUT2D eigenvalue weighted by atomic mass is 16.1. The molecule has 0 aliphatic rings. The minimum atomic E-state index is -0.0403. The van der Waals surface area contributed by atoms with Crippen molar-refractivity contribution in [2.24, 2.45) is 0 Å². The number of nitrogens with two attached hydrogens (primary N) is 1. The number of aryl methyl sites for hydroxylation is 2. The molecular formula is C22H20N4O. The van der Waals surface area contributed by atoms with Crippen molar-refractivity contribution in [2.75, 3.05) is 5.73 Å². The molecule has 3 aromatic heterocycles. The molecule has 2 N–H and O–H groups in total. The van der Waals surface area contributed by atoms with Crippen LogP contribution in [-0.2, 0) is 12.8 Å². The van der Waals surface area contributed by atoms with Crippen molar-refractivity contribution < 1.29 is 0 Å². The van der Waals surface area contributed by atoms with Crippen LogP contribution in [0.2, 0.25) is 0 Å². The third-order valence-electron chi connectivity index (χ3n) is 4.63. The quantitative estimate of drug-likeness (QED) is 0.555. The zero-order valence-corrected chi connectivity index (χ0v) is 14.9. The summed E-state index contributed by atoms with van der Waals surface area (Å²) in [5.41, 5.74) is 9.90. The number of anilines is 1. The average molecular weight is 356 g/mol. The number of hydrogen-bond acceptors (Lipinski definition) is 4. The molecule has 0 saturated heterocycles. The van der Waals surface area contributed by atoms with Gasteiger partial charge in [-0.15, -0.1) is 0 Å². The molecule has 134 valence electrons. The van der Waals surface area contributed by atoms with E-state index in [9.17, 15) is 4.79 Å². The molecule has 0 aliphatic heterocycles. The van der Waals surface area contributed by atoms with Gasteiger partial charge in [-0.3, -0.25) is 14.3 Å². The molecule has 0 bridgehead atoms. The van der Waals surface area contributed by atoms with Crippen LogP contribution in [0.15, 0.2) is 78.0 Å². The number of benzene rings is 1. The van der Waals surface area contributed by atoms with Crippen LogP contribution in [0.5, 0.6) is 0 Å². The van der Waals surface area contributed by atoms with Crippen LogP contribution in [0.25, 0.3) is 16.7 Å². The van der Waals surface area contributed by atoms with Gasteiger partial charge in [-0.1, -0.05) is 6.07 Å². The Morgan fingerprint density at radius 2 is 1.78 bits per heavy atom. The van der Waals surface area contributed by atoms with Gasteiger partial charge in [-0.2, -0.15) is 0 Å². The largest absolute Gasteiger partial charge is 0.399 e. The molecule has 5 heteroatoms. The lowest BCUT2D eigenvalue weighted by atomic mass is 10.0. The van der Waals surface area contributed by atoms with Crippen molar-refractivity contribution in [3.8, 4) is 5.69 Å². The summed E-state index contributed by atoms with van der Waals surface area (Å²) < 4.78 is 1.66. The summed E-state index contributed by atoms with van der Waals surface area (Å²) >= 11 is 0. The molecule has 0 atom stereocenters. The number of nitrogens with zero attached hydrogens (tertiary/aromatic N) is 3. The maximum absolute atomic E-state index is 13.2. The van der Waals surface area contributed by atoms with E-state index in [-0.39, 0.29) is 5.56 Å². The van der Waals surface area contributed by atoms with Crippen molar-refractivity contribution in [1.82, 2.24) is 14.5 Å². The lowest BCUT2D eigenvalue weighted by Crippen LogP contribution is -2.23. The number of fused-ring (bicyclic) bond motifs is 1. The van der Waals surface area contributed by atoms with Crippen molar-refractivity contribution in [1.29, 1.82) is 0 Å². The lowest BCUT2D eigenvalue weighted by Gasteiger charge is -2.13. The maximum Gasteiger partial charge on any atom is 0.259 e. The number of aromatic nitrogens is 3. The Balaban J connectivity index is 1.73. The molecule has 0 unspecified atom stereocenters. The van der Waals surface area contributed by atoms with E-state index in [2.05, 4.69) is 9.97 Å². The summed E-state index contributed by atoms with van der Waals surface area (Å²) in [4.78, 5) is 21.7. The normalized spacial score (nSPS) is 11.0. The summed E-state index contributed by atoms with van der Waals surface area (Å²) in [6.07, 6.45) is 7.79. The molecule has 0 radical (unpaired) electrons. The second-order valence-electron chi connectivity index (χ2n) is 6.53. The van der Waals surface area contributed by atoms with E-state index in [1.54, 1.807) is 29.2 Å². The van der Waals surface area contributed by atoms with Gasteiger partial charge in [0.05, 0.1) is 5.69 Å². The zero-order chi connectivity index (χ0) is 18.6. The van der Waals surface area contributed by atoms with Gasteiger partial charge in [0, 0.05) is 35.2 Å². The molecule has 0 fully saturated rings. The predicted octanol–water partition coefficient (Wildman–Crippen LogP) is 3.54. The number of nitrogen functional groups attached to an aromatic ring is 1. The van der Waals surface area contributed by atoms with E-state index in [0.29, 0.717) is 17.8 Å². The van der Waals surface area contributed by atoms with Gasteiger partial charge in [0.25, 0.3) is 5.56 Å². The number of rotatable bonds is 5. The maximum atomic E-state index is 13.2. The topological polar surface area (TPSA) is 73.8 Å². The fourth-order valence-corrected chi connectivity index (χ4v) is 3.31. The SMILES string of the molecule is Nc1cccc(-n2c(=O)c(CCCc3ccncc3)cc3cccnc32)c1. The highest BCUT2D eigenvalue weighted by Gasteiger charge is 2.12. The van der Waals surface area contributed by atoms with Crippen LogP contribution in [0.1, 0.15) is 17.5 Å². The van der Waals surface area contributed by atoms with E-state index in [1.165, 1.54) is 5.56 Å². The summed E-state index contributed by atoms with van der Waals surface area (Å²) in [6.45, 7) is 0. The monoisotopic (exact) mass is 356 g/mol. The van der Waals surface area contributed by atoms with E-state index >= 15 is 0 Å². The van der Waals surface area contributed by atoms with Crippen molar-refractivity contribution in [3.05, 3.63) is 94.7 Å². The first-order valence-corrected chi connectivity index (χ1v) is 8.97. The third kappa shape index (κ3) is 3.58. The number of pyridine rings is 3. The highest BCUT2D eigenvalue weighted by Crippen LogP contribution is 2.18.